The monoisotopic (exact) mass is 367 g/mol. The molecule has 27 heavy (non-hydrogen) atoms. The van der Waals surface area contributed by atoms with E-state index < -0.39 is 0 Å². The van der Waals surface area contributed by atoms with Crippen molar-refractivity contribution in [3.63, 3.8) is 0 Å². The molecule has 0 bridgehead atoms. The summed E-state index contributed by atoms with van der Waals surface area (Å²) in [5.41, 5.74) is 1.28. The predicted molar refractivity (Wildman–Crippen MR) is 105 cm³/mol. The Hall–Kier alpha value is -2.60. The van der Waals surface area contributed by atoms with Crippen molar-refractivity contribution >= 4 is 17.4 Å². The molecule has 6 heteroatoms. The second-order valence-electron chi connectivity index (χ2n) is 7.02. The van der Waals surface area contributed by atoms with Gasteiger partial charge in [0.25, 0.3) is 5.91 Å². The van der Waals surface area contributed by atoms with Gasteiger partial charge in [0.1, 0.15) is 18.2 Å². The molecule has 2 fully saturated rings. The fourth-order valence-corrected chi connectivity index (χ4v) is 3.46. The summed E-state index contributed by atoms with van der Waals surface area (Å²) < 4.78 is 11.3. The zero-order valence-corrected chi connectivity index (χ0v) is 15.4. The van der Waals surface area contributed by atoms with Crippen LogP contribution in [0.25, 0.3) is 0 Å². The molecule has 1 aromatic heterocycles. The summed E-state index contributed by atoms with van der Waals surface area (Å²) in [6, 6.07) is 11.0. The van der Waals surface area contributed by atoms with E-state index in [0.717, 1.165) is 44.1 Å². The summed E-state index contributed by atoms with van der Waals surface area (Å²) in [7, 11) is 0. The third-order valence-corrected chi connectivity index (χ3v) is 5.01. The van der Waals surface area contributed by atoms with Gasteiger partial charge in [0.2, 0.25) is 0 Å². The Morgan fingerprint density at radius 1 is 1.15 bits per heavy atom. The van der Waals surface area contributed by atoms with Gasteiger partial charge < -0.3 is 19.7 Å². The van der Waals surface area contributed by atoms with Crippen molar-refractivity contribution in [2.75, 3.05) is 36.5 Å². The van der Waals surface area contributed by atoms with Crippen LogP contribution in [0.4, 0.5) is 11.5 Å². The van der Waals surface area contributed by atoms with Crippen molar-refractivity contribution in [3.8, 4) is 5.75 Å². The maximum absolute atomic E-state index is 12.4. The molecular formula is C21H25N3O3. The first-order valence-corrected chi connectivity index (χ1v) is 9.65. The Bertz CT molecular complexity index is 749. The quantitative estimate of drug-likeness (QED) is 0.847. The van der Waals surface area contributed by atoms with Gasteiger partial charge in [-0.3, -0.25) is 4.79 Å². The number of nitrogens with one attached hydrogen (secondary N) is 1. The van der Waals surface area contributed by atoms with Crippen LogP contribution < -0.4 is 15.0 Å². The van der Waals surface area contributed by atoms with Crippen LogP contribution in [-0.2, 0) is 4.74 Å². The number of amides is 1. The Labute approximate surface area is 159 Å². The number of aromatic nitrogens is 1. The molecule has 0 radical (unpaired) electrons. The number of hydrogen-bond donors (Lipinski definition) is 1. The number of benzene rings is 1. The van der Waals surface area contributed by atoms with Crippen LogP contribution in [-0.4, -0.2) is 43.3 Å². The van der Waals surface area contributed by atoms with E-state index in [1.807, 2.05) is 24.3 Å². The van der Waals surface area contributed by atoms with E-state index >= 15 is 0 Å². The van der Waals surface area contributed by atoms with Gasteiger partial charge in [0.15, 0.2) is 0 Å². The van der Waals surface area contributed by atoms with Crippen LogP contribution in [0, 0.1) is 0 Å². The number of anilines is 2. The topological polar surface area (TPSA) is 63.7 Å². The molecule has 1 unspecified atom stereocenters. The summed E-state index contributed by atoms with van der Waals surface area (Å²) in [5.74, 6) is 1.56. The van der Waals surface area contributed by atoms with E-state index in [-0.39, 0.29) is 12.0 Å². The molecule has 0 spiro atoms. The second-order valence-corrected chi connectivity index (χ2v) is 7.02. The first-order chi connectivity index (χ1) is 13.3. The van der Waals surface area contributed by atoms with Crippen molar-refractivity contribution in [1.29, 1.82) is 0 Å². The SMILES string of the molecule is O=C(Nc1ccc(N2CCCC2)nc1)c1ccc(OCC2CCCO2)cc1. The highest BCUT2D eigenvalue weighted by Crippen LogP contribution is 2.20. The normalized spacial score (nSPS) is 19.3. The third kappa shape index (κ3) is 4.57. The number of pyridine rings is 1. The molecule has 1 aromatic carbocycles. The molecule has 0 saturated carbocycles. The highest BCUT2D eigenvalue weighted by molar-refractivity contribution is 6.04. The number of rotatable bonds is 6. The van der Waals surface area contributed by atoms with Crippen LogP contribution in [0.1, 0.15) is 36.0 Å². The third-order valence-electron chi connectivity index (χ3n) is 5.01. The van der Waals surface area contributed by atoms with Gasteiger partial charge in [-0.25, -0.2) is 4.98 Å². The Morgan fingerprint density at radius 3 is 2.63 bits per heavy atom. The fraction of sp³-hybridized carbons (Fsp3) is 0.429. The minimum Gasteiger partial charge on any atom is -0.491 e. The molecular weight excluding hydrogens is 342 g/mol. The van der Waals surface area contributed by atoms with Gasteiger partial charge in [0, 0.05) is 25.3 Å². The molecule has 1 amide bonds. The van der Waals surface area contributed by atoms with Gasteiger partial charge in [0.05, 0.1) is 18.0 Å². The zero-order valence-electron chi connectivity index (χ0n) is 15.4. The van der Waals surface area contributed by atoms with Crippen molar-refractivity contribution in [1.82, 2.24) is 4.98 Å². The average molecular weight is 367 g/mol. The molecule has 0 aliphatic carbocycles. The van der Waals surface area contributed by atoms with E-state index in [4.69, 9.17) is 9.47 Å². The minimum absolute atomic E-state index is 0.156. The minimum atomic E-state index is -0.156. The van der Waals surface area contributed by atoms with Crippen LogP contribution in [0.15, 0.2) is 42.6 Å². The van der Waals surface area contributed by atoms with Crippen LogP contribution >= 0.6 is 0 Å². The molecule has 142 valence electrons. The standard InChI is InChI=1S/C21H25N3O3/c25-21(23-17-7-10-20(22-14-17)24-11-1-2-12-24)16-5-8-18(9-6-16)27-15-19-4-3-13-26-19/h5-10,14,19H,1-4,11-13,15H2,(H,23,25). The number of ether oxygens (including phenoxy) is 2. The summed E-state index contributed by atoms with van der Waals surface area (Å²) in [4.78, 5) is 19.2. The predicted octanol–water partition coefficient (Wildman–Crippen LogP) is 3.49. The van der Waals surface area contributed by atoms with Crippen molar-refractivity contribution < 1.29 is 14.3 Å². The lowest BCUT2D eigenvalue weighted by atomic mass is 10.2. The van der Waals surface area contributed by atoms with Gasteiger partial charge in [-0.1, -0.05) is 0 Å². The zero-order chi connectivity index (χ0) is 18.5. The molecule has 2 saturated heterocycles. The summed E-state index contributed by atoms with van der Waals surface area (Å²) in [6.07, 6.45) is 6.47. The van der Waals surface area contributed by atoms with E-state index in [9.17, 15) is 4.79 Å². The molecule has 2 aliphatic heterocycles. The largest absolute Gasteiger partial charge is 0.491 e. The van der Waals surface area contributed by atoms with E-state index in [0.29, 0.717) is 17.9 Å². The molecule has 1 N–H and O–H groups in total. The maximum atomic E-state index is 12.4. The molecule has 1 atom stereocenters. The summed E-state index contributed by atoms with van der Waals surface area (Å²) in [5, 5.41) is 2.89. The average Bonchev–Trinajstić information content (AvgIpc) is 3.41. The number of carbonyl (C=O) groups excluding carboxylic acids is 1. The first kappa shape index (κ1) is 17.8. The fourth-order valence-electron chi connectivity index (χ4n) is 3.46. The van der Waals surface area contributed by atoms with Crippen LogP contribution in [0.2, 0.25) is 0 Å². The molecule has 2 aromatic rings. The van der Waals surface area contributed by atoms with Crippen LogP contribution in [0.5, 0.6) is 5.75 Å². The lowest BCUT2D eigenvalue weighted by Crippen LogP contribution is -2.19. The van der Waals surface area contributed by atoms with Crippen molar-refractivity contribution in [3.05, 3.63) is 48.2 Å². The van der Waals surface area contributed by atoms with Gasteiger partial charge in [-0.15, -0.1) is 0 Å². The highest BCUT2D eigenvalue weighted by Gasteiger charge is 2.16. The Morgan fingerprint density at radius 2 is 1.96 bits per heavy atom. The molecule has 3 heterocycles. The number of nitrogens with zero attached hydrogens (tertiary/aromatic N) is 2. The Kier molecular flexibility index (Phi) is 5.53. The highest BCUT2D eigenvalue weighted by atomic mass is 16.5. The lowest BCUT2D eigenvalue weighted by molar-refractivity contribution is 0.0679. The van der Waals surface area contributed by atoms with Crippen LogP contribution in [0.3, 0.4) is 0 Å². The van der Waals surface area contributed by atoms with E-state index in [2.05, 4.69) is 15.2 Å². The van der Waals surface area contributed by atoms with E-state index in [1.165, 1.54) is 12.8 Å². The van der Waals surface area contributed by atoms with Gasteiger partial charge in [-0.05, 0) is 62.1 Å². The maximum Gasteiger partial charge on any atom is 0.255 e. The second kappa shape index (κ2) is 8.39. The van der Waals surface area contributed by atoms with Gasteiger partial charge >= 0.3 is 0 Å². The number of hydrogen-bond acceptors (Lipinski definition) is 5. The number of carbonyl (C=O) groups is 1. The van der Waals surface area contributed by atoms with Crippen molar-refractivity contribution in [2.45, 2.75) is 31.8 Å². The van der Waals surface area contributed by atoms with Gasteiger partial charge in [-0.2, -0.15) is 0 Å². The molecule has 6 nitrogen and oxygen atoms in total. The Balaban J connectivity index is 1.30. The lowest BCUT2D eigenvalue weighted by Gasteiger charge is -2.16. The van der Waals surface area contributed by atoms with Crippen molar-refractivity contribution in [2.24, 2.45) is 0 Å². The molecule has 2 aliphatic rings. The first-order valence-electron chi connectivity index (χ1n) is 9.65. The summed E-state index contributed by atoms with van der Waals surface area (Å²) in [6.45, 7) is 3.49. The summed E-state index contributed by atoms with van der Waals surface area (Å²) >= 11 is 0. The molecule has 4 rings (SSSR count). The smallest absolute Gasteiger partial charge is 0.255 e. The van der Waals surface area contributed by atoms with E-state index in [1.54, 1.807) is 18.3 Å².